The van der Waals surface area contributed by atoms with Crippen molar-refractivity contribution in [2.45, 2.75) is 14.7 Å². The summed E-state index contributed by atoms with van der Waals surface area (Å²) in [6.45, 7) is 0.0529. The zero-order chi connectivity index (χ0) is 18.1. The SMILES string of the molecule is NS(=O)(=O)c1c(F)c(F)c(Sc2ccccc2OC=O)c(F)c1F. The minimum absolute atomic E-state index is 0.0374. The van der Waals surface area contributed by atoms with Crippen molar-refractivity contribution in [3.8, 4) is 5.75 Å². The Kier molecular flexibility index (Phi) is 5.16. The molecule has 24 heavy (non-hydrogen) atoms. The van der Waals surface area contributed by atoms with Gasteiger partial charge in [-0.3, -0.25) is 4.79 Å². The molecule has 0 amide bonds. The Morgan fingerprint density at radius 2 is 1.54 bits per heavy atom. The Labute approximate surface area is 137 Å². The van der Waals surface area contributed by atoms with Crippen molar-refractivity contribution in [1.82, 2.24) is 0 Å². The largest absolute Gasteiger partial charge is 0.428 e. The molecule has 0 heterocycles. The van der Waals surface area contributed by atoms with Crippen molar-refractivity contribution >= 4 is 28.3 Å². The first kappa shape index (κ1) is 18.2. The van der Waals surface area contributed by atoms with E-state index >= 15 is 0 Å². The van der Waals surface area contributed by atoms with Gasteiger partial charge in [-0.2, -0.15) is 0 Å². The predicted octanol–water partition coefficient (Wildman–Crippen LogP) is 2.58. The van der Waals surface area contributed by atoms with Crippen LogP contribution in [0.5, 0.6) is 5.75 Å². The normalized spacial score (nSPS) is 11.4. The van der Waals surface area contributed by atoms with Gasteiger partial charge < -0.3 is 4.74 Å². The van der Waals surface area contributed by atoms with E-state index in [9.17, 15) is 30.8 Å². The molecule has 0 fully saturated rings. The lowest BCUT2D eigenvalue weighted by Crippen LogP contribution is -2.19. The topological polar surface area (TPSA) is 86.5 Å². The van der Waals surface area contributed by atoms with E-state index in [4.69, 9.17) is 0 Å². The summed E-state index contributed by atoms with van der Waals surface area (Å²) < 4.78 is 82.4. The maximum absolute atomic E-state index is 14.0. The van der Waals surface area contributed by atoms with Gasteiger partial charge in [0.15, 0.2) is 28.2 Å². The van der Waals surface area contributed by atoms with Crippen molar-refractivity contribution < 1.29 is 35.5 Å². The number of halogens is 4. The number of rotatable bonds is 5. The van der Waals surface area contributed by atoms with Crippen LogP contribution in [0.25, 0.3) is 0 Å². The molecule has 0 bridgehead atoms. The lowest BCUT2D eigenvalue weighted by molar-refractivity contribution is -0.120. The average molecular weight is 381 g/mol. The number of para-hydroxylation sites is 1. The number of sulfonamides is 1. The van der Waals surface area contributed by atoms with Crippen LogP contribution >= 0.6 is 11.8 Å². The minimum Gasteiger partial charge on any atom is -0.428 e. The molecule has 0 spiro atoms. The van der Waals surface area contributed by atoms with Gasteiger partial charge in [-0.1, -0.05) is 23.9 Å². The van der Waals surface area contributed by atoms with E-state index in [2.05, 4.69) is 9.88 Å². The van der Waals surface area contributed by atoms with Crippen LogP contribution in [-0.4, -0.2) is 14.9 Å². The molecule has 0 saturated carbocycles. The summed E-state index contributed by atoms with van der Waals surface area (Å²) in [7, 11) is -5.03. The fraction of sp³-hybridized carbons (Fsp3) is 0. The van der Waals surface area contributed by atoms with Crippen LogP contribution in [0, 0.1) is 23.3 Å². The van der Waals surface area contributed by atoms with E-state index in [1.54, 1.807) is 0 Å². The molecule has 0 aliphatic heterocycles. The van der Waals surface area contributed by atoms with Crippen LogP contribution in [0.3, 0.4) is 0 Å². The van der Waals surface area contributed by atoms with Crippen molar-refractivity contribution in [1.29, 1.82) is 0 Å². The summed E-state index contributed by atoms with van der Waals surface area (Å²) in [4.78, 5) is 7.30. The molecule has 0 aliphatic carbocycles. The molecule has 0 aliphatic rings. The number of primary sulfonamides is 1. The van der Waals surface area contributed by atoms with E-state index in [1.807, 2.05) is 0 Å². The molecule has 128 valence electrons. The van der Waals surface area contributed by atoms with Gasteiger partial charge in [-0.25, -0.2) is 31.1 Å². The number of hydrogen-bond acceptors (Lipinski definition) is 5. The summed E-state index contributed by atoms with van der Waals surface area (Å²) in [6, 6.07) is 5.41. The van der Waals surface area contributed by atoms with Gasteiger partial charge in [-0.05, 0) is 12.1 Å². The second-order valence-electron chi connectivity index (χ2n) is 4.22. The second-order valence-corrected chi connectivity index (χ2v) is 6.77. The molecule has 0 unspecified atom stereocenters. The third kappa shape index (κ3) is 3.37. The number of benzene rings is 2. The van der Waals surface area contributed by atoms with Crippen LogP contribution in [-0.2, 0) is 14.8 Å². The number of nitrogens with two attached hydrogens (primary N) is 1. The Morgan fingerprint density at radius 3 is 2.04 bits per heavy atom. The van der Waals surface area contributed by atoms with Crippen molar-refractivity contribution in [3.63, 3.8) is 0 Å². The monoisotopic (exact) mass is 381 g/mol. The van der Waals surface area contributed by atoms with Gasteiger partial charge in [0.2, 0.25) is 10.0 Å². The smallest absolute Gasteiger partial charge is 0.298 e. The molecule has 11 heteroatoms. The number of carbonyl (C=O) groups is 1. The van der Waals surface area contributed by atoms with E-state index in [-0.39, 0.29) is 28.9 Å². The lowest BCUT2D eigenvalue weighted by atomic mass is 10.3. The first-order valence-corrected chi connectivity index (χ1v) is 8.30. The molecular formula is C13H7F4NO4S2. The second kappa shape index (κ2) is 6.79. The highest BCUT2D eigenvalue weighted by atomic mass is 32.2. The highest BCUT2D eigenvalue weighted by molar-refractivity contribution is 7.99. The van der Waals surface area contributed by atoms with Gasteiger partial charge in [-0.15, -0.1) is 0 Å². The molecule has 2 N–H and O–H groups in total. The van der Waals surface area contributed by atoms with Gasteiger partial charge in [0.05, 0.1) is 9.79 Å². The first-order chi connectivity index (χ1) is 11.2. The van der Waals surface area contributed by atoms with Crippen molar-refractivity contribution in [2.75, 3.05) is 0 Å². The highest BCUT2D eigenvalue weighted by Gasteiger charge is 2.32. The molecule has 2 aromatic rings. The summed E-state index contributed by atoms with van der Waals surface area (Å²) in [6.07, 6.45) is 0. The zero-order valence-corrected chi connectivity index (χ0v) is 13.1. The van der Waals surface area contributed by atoms with Crippen LogP contribution in [0.15, 0.2) is 39.0 Å². The van der Waals surface area contributed by atoms with Gasteiger partial charge in [0.1, 0.15) is 5.75 Å². The van der Waals surface area contributed by atoms with E-state index < -0.39 is 43.1 Å². The van der Waals surface area contributed by atoms with Crippen LogP contribution in [0.4, 0.5) is 17.6 Å². The highest BCUT2D eigenvalue weighted by Crippen LogP contribution is 2.40. The average Bonchev–Trinajstić information content (AvgIpc) is 2.50. The summed E-state index contributed by atoms with van der Waals surface area (Å²) in [5.41, 5.74) is 0. The van der Waals surface area contributed by atoms with Crippen LogP contribution in [0.1, 0.15) is 0 Å². The standard InChI is InChI=1S/C13H7F4NO4S2/c14-8-10(16)13(24(18,20)21)11(17)9(15)12(8)23-7-4-2-1-3-6(7)22-5-19/h1-5H,(H2,18,20,21). The molecule has 0 radical (unpaired) electrons. The molecule has 0 aromatic heterocycles. The maximum atomic E-state index is 14.0. The predicted molar refractivity (Wildman–Crippen MR) is 74.9 cm³/mol. The Morgan fingerprint density at radius 1 is 1.00 bits per heavy atom. The summed E-state index contributed by atoms with van der Waals surface area (Å²) in [5, 5.41) is 4.56. The fourth-order valence-corrected chi connectivity index (χ4v) is 3.34. The maximum Gasteiger partial charge on any atom is 0.298 e. The number of carbonyl (C=O) groups excluding carboxylic acids is 1. The molecule has 2 aromatic carbocycles. The van der Waals surface area contributed by atoms with Crippen LogP contribution < -0.4 is 9.88 Å². The van der Waals surface area contributed by atoms with E-state index in [0.29, 0.717) is 0 Å². The molecule has 2 rings (SSSR count). The van der Waals surface area contributed by atoms with Crippen molar-refractivity contribution in [2.24, 2.45) is 5.14 Å². The number of ether oxygens (including phenoxy) is 1. The third-order valence-electron chi connectivity index (χ3n) is 2.70. The fourth-order valence-electron chi connectivity index (χ4n) is 1.72. The molecule has 0 atom stereocenters. The van der Waals surface area contributed by atoms with Gasteiger partial charge in [0, 0.05) is 0 Å². The quantitative estimate of drug-likeness (QED) is 0.489. The zero-order valence-electron chi connectivity index (χ0n) is 11.4. The lowest BCUT2D eigenvalue weighted by Gasteiger charge is -2.11. The Bertz CT molecular complexity index is 889. The molecular weight excluding hydrogens is 374 g/mol. The Hall–Kier alpha value is -2.11. The van der Waals surface area contributed by atoms with E-state index in [1.165, 1.54) is 24.3 Å². The van der Waals surface area contributed by atoms with Crippen LogP contribution in [0.2, 0.25) is 0 Å². The molecule has 0 saturated heterocycles. The number of hydrogen-bond donors (Lipinski definition) is 1. The Balaban J connectivity index is 2.64. The summed E-state index contributed by atoms with van der Waals surface area (Å²) in [5.74, 6) is -8.29. The van der Waals surface area contributed by atoms with Gasteiger partial charge >= 0.3 is 0 Å². The molecule has 5 nitrogen and oxygen atoms in total. The minimum atomic E-state index is -5.03. The summed E-state index contributed by atoms with van der Waals surface area (Å²) >= 11 is 0.206. The van der Waals surface area contributed by atoms with Gasteiger partial charge in [0.25, 0.3) is 6.47 Å². The third-order valence-corrected chi connectivity index (χ3v) is 4.75. The van der Waals surface area contributed by atoms with E-state index in [0.717, 1.165) is 0 Å². The van der Waals surface area contributed by atoms with Crippen molar-refractivity contribution in [3.05, 3.63) is 47.5 Å². The first-order valence-electron chi connectivity index (χ1n) is 5.94.